The Kier molecular flexibility index (Phi) is 4.79. The number of phenols is 1. The molecule has 0 unspecified atom stereocenters. The number of urea groups is 1. The minimum Gasteiger partial charge on any atom is -0.507 e. The van der Waals surface area contributed by atoms with Gasteiger partial charge in [-0.05, 0) is 25.0 Å². The van der Waals surface area contributed by atoms with Crippen molar-refractivity contribution in [2.24, 2.45) is 0 Å². The van der Waals surface area contributed by atoms with E-state index in [4.69, 9.17) is 5.11 Å². The lowest BCUT2D eigenvalue weighted by Crippen LogP contribution is -2.41. The Bertz CT molecular complexity index is 580. The molecule has 0 radical (unpaired) electrons. The summed E-state index contributed by atoms with van der Waals surface area (Å²) in [6.45, 7) is 0. The zero-order valence-electron chi connectivity index (χ0n) is 11.2. The third kappa shape index (κ3) is 4.19. The summed E-state index contributed by atoms with van der Waals surface area (Å²) in [7, 11) is -0.784. The first kappa shape index (κ1) is 15.3. The zero-order valence-corrected chi connectivity index (χ0v) is 12.0. The highest BCUT2D eigenvalue weighted by atomic mass is 32.2. The number of aromatic hydroxyl groups is 1. The number of nitrogens with one attached hydrogen (secondary N) is 2. The predicted molar refractivity (Wildman–Crippen MR) is 78.1 cm³/mol. The van der Waals surface area contributed by atoms with E-state index in [9.17, 15) is 18.9 Å². The van der Waals surface area contributed by atoms with E-state index >= 15 is 0 Å². The van der Waals surface area contributed by atoms with Gasteiger partial charge in [0, 0.05) is 40.1 Å². The van der Waals surface area contributed by atoms with Crippen LogP contribution in [0.25, 0.3) is 0 Å². The van der Waals surface area contributed by atoms with E-state index < -0.39 is 28.5 Å². The number of rotatable bonds is 3. The van der Waals surface area contributed by atoms with Crippen molar-refractivity contribution in [2.75, 3.05) is 16.8 Å². The topological polar surface area (TPSA) is 116 Å². The van der Waals surface area contributed by atoms with Crippen LogP contribution in [0.2, 0.25) is 0 Å². The van der Waals surface area contributed by atoms with Gasteiger partial charge < -0.3 is 20.8 Å². The molecule has 1 aromatic carbocycles. The highest BCUT2D eigenvalue weighted by Crippen LogP contribution is 2.22. The van der Waals surface area contributed by atoms with E-state index in [-0.39, 0.29) is 11.6 Å². The van der Waals surface area contributed by atoms with Crippen molar-refractivity contribution >= 4 is 28.5 Å². The number of carboxylic acid groups (broad SMARTS) is 1. The lowest BCUT2D eigenvalue weighted by molar-refractivity contribution is 0.0693. The number of benzene rings is 1. The maximum absolute atomic E-state index is 11.8. The molecule has 1 heterocycles. The molecule has 0 aliphatic carbocycles. The Hall–Kier alpha value is -2.09. The molecule has 2 amide bonds. The summed E-state index contributed by atoms with van der Waals surface area (Å²) in [6, 6.07) is 3.35. The van der Waals surface area contributed by atoms with Gasteiger partial charge >= 0.3 is 12.0 Å². The number of hydrogen-bond donors (Lipinski definition) is 4. The zero-order chi connectivity index (χ0) is 15.4. The van der Waals surface area contributed by atoms with Crippen LogP contribution in [0.3, 0.4) is 0 Å². The molecule has 1 fully saturated rings. The number of anilines is 1. The van der Waals surface area contributed by atoms with Crippen LogP contribution in [0, 0.1) is 0 Å². The van der Waals surface area contributed by atoms with Gasteiger partial charge in [0.25, 0.3) is 0 Å². The lowest BCUT2D eigenvalue weighted by Gasteiger charge is -2.22. The van der Waals surface area contributed by atoms with Gasteiger partial charge in [0.05, 0.1) is 0 Å². The Balaban J connectivity index is 1.92. The van der Waals surface area contributed by atoms with Crippen molar-refractivity contribution in [2.45, 2.75) is 18.9 Å². The van der Waals surface area contributed by atoms with Crippen LogP contribution in [0.1, 0.15) is 23.2 Å². The largest absolute Gasteiger partial charge is 0.507 e. The predicted octanol–water partition coefficient (Wildman–Crippen LogP) is 1.12. The van der Waals surface area contributed by atoms with Crippen molar-refractivity contribution in [1.82, 2.24) is 5.32 Å². The summed E-state index contributed by atoms with van der Waals surface area (Å²) >= 11 is 0. The third-order valence-electron chi connectivity index (χ3n) is 3.21. The van der Waals surface area contributed by atoms with E-state index in [1.165, 1.54) is 18.2 Å². The molecule has 0 aromatic heterocycles. The van der Waals surface area contributed by atoms with Crippen molar-refractivity contribution in [3.8, 4) is 5.75 Å². The van der Waals surface area contributed by atoms with Crippen LogP contribution in [-0.4, -0.2) is 44.0 Å². The Morgan fingerprint density at radius 3 is 2.48 bits per heavy atom. The summed E-state index contributed by atoms with van der Waals surface area (Å²) in [5, 5.41) is 23.6. The Morgan fingerprint density at radius 2 is 1.90 bits per heavy atom. The van der Waals surface area contributed by atoms with Crippen LogP contribution in [-0.2, 0) is 10.8 Å². The standard InChI is InChI=1S/C13H16N2O5S/c16-11-7-9(1-2-10(11)12(17)18)15-13(19)14-8-3-5-21(20)6-4-8/h1-2,7-8,16H,3-6H2,(H,17,18)(H2,14,15,19). The number of amides is 2. The van der Waals surface area contributed by atoms with Gasteiger partial charge in [-0.2, -0.15) is 0 Å². The molecule has 21 heavy (non-hydrogen) atoms. The second-order valence-corrected chi connectivity index (χ2v) is 6.45. The van der Waals surface area contributed by atoms with Crippen molar-refractivity contribution in [3.63, 3.8) is 0 Å². The first-order valence-corrected chi connectivity index (χ1v) is 7.93. The minimum atomic E-state index is -1.24. The SMILES string of the molecule is O=C(Nc1ccc(C(=O)O)c(O)c1)NC1CCS(=O)CC1. The molecule has 1 saturated heterocycles. The van der Waals surface area contributed by atoms with Gasteiger partial charge in [-0.1, -0.05) is 0 Å². The second kappa shape index (κ2) is 6.57. The fraction of sp³-hybridized carbons (Fsp3) is 0.385. The fourth-order valence-corrected chi connectivity index (χ4v) is 3.38. The fourth-order valence-electron chi connectivity index (χ4n) is 2.08. The van der Waals surface area contributed by atoms with Gasteiger partial charge in [0.1, 0.15) is 11.3 Å². The molecule has 8 heteroatoms. The molecule has 1 aliphatic rings. The molecule has 4 N–H and O–H groups in total. The van der Waals surface area contributed by atoms with E-state index in [0.717, 1.165) is 0 Å². The van der Waals surface area contributed by atoms with Crippen molar-refractivity contribution in [1.29, 1.82) is 0 Å². The molecule has 0 spiro atoms. The van der Waals surface area contributed by atoms with Crippen LogP contribution in [0.15, 0.2) is 18.2 Å². The van der Waals surface area contributed by atoms with Crippen LogP contribution < -0.4 is 10.6 Å². The highest BCUT2D eigenvalue weighted by molar-refractivity contribution is 7.85. The summed E-state index contributed by atoms with van der Waals surface area (Å²) in [6.07, 6.45) is 1.34. The van der Waals surface area contributed by atoms with Crippen LogP contribution in [0.5, 0.6) is 5.75 Å². The molecule has 0 saturated carbocycles. The number of carbonyl (C=O) groups is 2. The summed E-state index contributed by atoms with van der Waals surface area (Å²) < 4.78 is 11.2. The van der Waals surface area contributed by atoms with Crippen molar-refractivity contribution in [3.05, 3.63) is 23.8 Å². The van der Waals surface area contributed by atoms with Gasteiger partial charge in [0.15, 0.2) is 0 Å². The number of hydrogen-bond acceptors (Lipinski definition) is 4. The van der Waals surface area contributed by atoms with Crippen LogP contribution >= 0.6 is 0 Å². The summed E-state index contributed by atoms with van der Waals surface area (Å²) in [4.78, 5) is 22.6. The molecular formula is C13H16N2O5S. The Morgan fingerprint density at radius 1 is 1.24 bits per heavy atom. The molecule has 0 bridgehead atoms. The monoisotopic (exact) mass is 312 g/mol. The normalized spacial score (nSPS) is 21.5. The highest BCUT2D eigenvalue weighted by Gasteiger charge is 2.19. The maximum Gasteiger partial charge on any atom is 0.339 e. The number of carbonyl (C=O) groups excluding carboxylic acids is 1. The summed E-state index contributed by atoms with van der Waals surface area (Å²) in [5.74, 6) is -0.481. The molecular weight excluding hydrogens is 296 g/mol. The van der Waals surface area contributed by atoms with Gasteiger partial charge in [0.2, 0.25) is 0 Å². The number of carboxylic acids is 1. The van der Waals surface area contributed by atoms with E-state index in [2.05, 4.69) is 10.6 Å². The molecule has 1 aromatic rings. The average Bonchev–Trinajstić information content (AvgIpc) is 2.41. The molecule has 114 valence electrons. The van der Waals surface area contributed by atoms with Gasteiger partial charge in [-0.3, -0.25) is 4.21 Å². The second-order valence-electron chi connectivity index (χ2n) is 4.76. The van der Waals surface area contributed by atoms with E-state index in [1.54, 1.807) is 0 Å². The average molecular weight is 312 g/mol. The van der Waals surface area contributed by atoms with Gasteiger partial charge in [-0.15, -0.1) is 0 Å². The quantitative estimate of drug-likeness (QED) is 0.667. The molecule has 1 aliphatic heterocycles. The first-order chi connectivity index (χ1) is 9.95. The third-order valence-corrected chi connectivity index (χ3v) is 4.59. The van der Waals surface area contributed by atoms with Gasteiger partial charge in [-0.25, -0.2) is 9.59 Å². The molecule has 7 nitrogen and oxygen atoms in total. The summed E-state index contributed by atoms with van der Waals surface area (Å²) in [5.41, 5.74) is 0.0742. The Labute approximate surface area is 123 Å². The first-order valence-electron chi connectivity index (χ1n) is 6.44. The molecule has 0 atom stereocenters. The van der Waals surface area contributed by atoms with Crippen LogP contribution in [0.4, 0.5) is 10.5 Å². The lowest BCUT2D eigenvalue weighted by atomic mass is 10.1. The minimum absolute atomic E-state index is 0.0189. The van der Waals surface area contributed by atoms with Crippen molar-refractivity contribution < 1.29 is 24.0 Å². The molecule has 2 rings (SSSR count). The van der Waals surface area contributed by atoms with E-state index in [0.29, 0.717) is 30.0 Å². The maximum atomic E-state index is 11.8. The number of aromatic carboxylic acids is 1. The smallest absolute Gasteiger partial charge is 0.339 e. The van der Waals surface area contributed by atoms with E-state index in [1.807, 2.05) is 0 Å².